The fourth-order valence-corrected chi connectivity index (χ4v) is 2.23. The first kappa shape index (κ1) is 13.6. The number of hydrogen-bond donors (Lipinski definition) is 2. The van der Waals surface area contributed by atoms with Crippen LogP contribution in [0.3, 0.4) is 0 Å². The van der Waals surface area contributed by atoms with Crippen molar-refractivity contribution < 1.29 is 19.8 Å². The van der Waals surface area contributed by atoms with E-state index in [-0.39, 0.29) is 12.0 Å². The highest BCUT2D eigenvalue weighted by atomic mass is 16.4. The Morgan fingerprint density at radius 1 is 1.30 bits per heavy atom. The zero-order chi connectivity index (χ0) is 14.8. The Morgan fingerprint density at radius 3 is 2.65 bits per heavy atom. The van der Waals surface area contributed by atoms with Gasteiger partial charge in [-0.2, -0.15) is 5.26 Å². The van der Waals surface area contributed by atoms with E-state index in [1.165, 1.54) is 24.3 Å². The van der Waals surface area contributed by atoms with Crippen molar-refractivity contribution in [2.45, 2.75) is 11.8 Å². The number of benzene rings is 1. The highest BCUT2D eigenvalue weighted by Gasteiger charge is 2.41. The van der Waals surface area contributed by atoms with Crippen molar-refractivity contribution in [1.82, 2.24) is 0 Å². The minimum atomic E-state index is -1.45. The SMILES string of the molecule is N#Cc1cccc(C2(C(=O)O)C=CC=C(C(=O)O)C2)c1. The van der Waals surface area contributed by atoms with Crippen LogP contribution in [0.25, 0.3) is 0 Å². The van der Waals surface area contributed by atoms with E-state index in [1.807, 2.05) is 6.07 Å². The lowest BCUT2D eigenvalue weighted by molar-refractivity contribution is -0.142. The average Bonchev–Trinajstić information content (AvgIpc) is 2.47. The molecule has 0 saturated carbocycles. The average molecular weight is 269 g/mol. The molecule has 2 N–H and O–H groups in total. The first-order valence-electron chi connectivity index (χ1n) is 5.85. The largest absolute Gasteiger partial charge is 0.480 e. The van der Waals surface area contributed by atoms with E-state index in [0.29, 0.717) is 11.1 Å². The molecule has 0 radical (unpaired) electrons. The normalized spacial score (nSPS) is 20.9. The second-order valence-corrected chi connectivity index (χ2v) is 4.50. The molecule has 1 aliphatic rings. The Bertz CT molecular complexity index is 681. The van der Waals surface area contributed by atoms with Gasteiger partial charge in [-0.25, -0.2) is 4.79 Å². The van der Waals surface area contributed by atoms with Crippen molar-refractivity contribution in [2.75, 3.05) is 0 Å². The van der Waals surface area contributed by atoms with Crippen molar-refractivity contribution in [3.63, 3.8) is 0 Å². The van der Waals surface area contributed by atoms with Crippen LogP contribution in [0.15, 0.2) is 48.1 Å². The number of rotatable bonds is 3. The molecule has 0 heterocycles. The van der Waals surface area contributed by atoms with Gasteiger partial charge in [-0.1, -0.05) is 30.4 Å². The number of hydrogen-bond acceptors (Lipinski definition) is 3. The van der Waals surface area contributed by atoms with Crippen LogP contribution in [0.1, 0.15) is 17.5 Å². The topological polar surface area (TPSA) is 98.4 Å². The molecule has 0 bridgehead atoms. The molecule has 1 unspecified atom stereocenters. The van der Waals surface area contributed by atoms with Crippen LogP contribution < -0.4 is 0 Å². The number of allylic oxidation sites excluding steroid dienone is 2. The van der Waals surface area contributed by atoms with E-state index in [0.717, 1.165) is 0 Å². The maximum Gasteiger partial charge on any atom is 0.331 e. The van der Waals surface area contributed by atoms with Crippen molar-refractivity contribution in [3.05, 3.63) is 59.2 Å². The van der Waals surface area contributed by atoms with Gasteiger partial charge in [-0.15, -0.1) is 0 Å². The van der Waals surface area contributed by atoms with Crippen LogP contribution in [-0.2, 0) is 15.0 Å². The van der Waals surface area contributed by atoms with Crippen LogP contribution in [0, 0.1) is 11.3 Å². The predicted molar refractivity (Wildman–Crippen MR) is 69.9 cm³/mol. The van der Waals surface area contributed by atoms with Crippen LogP contribution in [-0.4, -0.2) is 22.2 Å². The van der Waals surface area contributed by atoms with Gasteiger partial charge in [0, 0.05) is 12.0 Å². The molecule has 0 spiro atoms. The molecule has 0 amide bonds. The van der Waals surface area contributed by atoms with Crippen LogP contribution in [0.5, 0.6) is 0 Å². The lowest BCUT2D eigenvalue weighted by Crippen LogP contribution is -2.36. The van der Waals surface area contributed by atoms with Crippen LogP contribution >= 0.6 is 0 Å². The molecule has 1 aliphatic carbocycles. The third-order valence-electron chi connectivity index (χ3n) is 3.31. The van der Waals surface area contributed by atoms with E-state index in [9.17, 15) is 14.7 Å². The van der Waals surface area contributed by atoms with Gasteiger partial charge in [0.1, 0.15) is 5.41 Å². The van der Waals surface area contributed by atoms with Gasteiger partial charge in [0.25, 0.3) is 0 Å². The van der Waals surface area contributed by atoms with Gasteiger partial charge < -0.3 is 10.2 Å². The third kappa shape index (κ3) is 2.19. The summed E-state index contributed by atoms with van der Waals surface area (Å²) in [5.74, 6) is -2.29. The summed E-state index contributed by atoms with van der Waals surface area (Å²) >= 11 is 0. The number of carbonyl (C=O) groups is 2. The van der Waals surface area contributed by atoms with Gasteiger partial charge >= 0.3 is 11.9 Å². The summed E-state index contributed by atoms with van der Waals surface area (Å²) in [5, 5.41) is 27.5. The van der Waals surface area contributed by atoms with Gasteiger partial charge in [0.05, 0.1) is 11.6 Å². The molecule has 0 aliphatic heterocycles. The zero-order valence-corrected chi connectivity index (χ0v) is 10.4. The summed E-state index contributed by atoms with van der Waals surface area (Å²) in [6, 6.07) is 8.17. The number of nitriles is 1. The second kappa shape index (κ2) is 5.02. The fourth-order valence-electron chi connectivity index (χ4n) is 2.23. The molecule has 0 aromatic heterocycles. The van der Waals surface area contributed by atoms with Crippen molar-refractivity contribution in [3.8, 4) is 6.07 Å². The Labute approximate surface area is 115 Å². The Hall–Kier alpha value is -2.87. The molecular weight excluding hydrogens is 258 g/mol. The van der Waals surface area contributed by atoms with E-state index in [1.54, 1.807) is 18.2 Å². The molecular formula is C15H11NO4. The summed E-state index contributed by atoms with van der Waals surface area (Å²) in [6.07, 6.45) is 4.12. The van der Waals surface area contributed by atoms with E-state index >= 15 is 0 Å². The Kier molecular flexibility index (Phi) is 3.40. The van der Waals surface area contributed by atoms with Crippen LogP contribution in [0.4, 0.5) is 0 Å². The number of carboxylic acids is 2. The quantitative estimate of drug-likeness (QED) is 0.872. The molecule has 2 rings (SSSR count). The second-order valence-electron chi connectivity index (χ2n) is 4.50. The minimum Gasteiger partial charge on any atom is -0.480 e. The van der Waals surface area contributed by atoms with E-state index in [4.69, 9.17) is 10.4 Å². The first-order valence-corrected chi connectivity index (χ1v) is 5.85. The van der Waals surface area contributed by atoms with E-state index < -0.39 is 17.4 Å². The molecule has 5 nitrogen and oxygen atoms in total. The predicted octanol–water partition coefficient (Wildman–Crippen LogP) is 1.85. The highest BCUT2D eigenvalue weighted by molar-refractivity contribution is 5.92. The van der Waals surface area contributed by atoms with Gasteiger partial charge in [0.15, 0.2) is 0 Å². The molecule has 1 aromatic carbocycles. The third-order valence-corrected chi connectivity index (χ3v) is 3.31. The van der Waals surface area contributed by atoms with Gasteiger partial charge in [-0.05, 0) is 17.7 Å². The summed E-state index contributed by atoms with van der Waals surface area (Å²) in [4.78, 5) is 22.8. The lowest BCUT2D eigenvalue weighted by atomic mass is 9.72. The van der Waals surface area contributed by atoms with Gasteiger partial charge in [-0.3, -0.25) is 4.79 Å². The molecule has 1 atom stereocenters. The summed E-state index contributed by atoms with van der Waals surface area (Å²) in [7, 11) is 0. The number of aliphatic carboxylic acids is 2. The fraction of sp³-hybridized carbons (Fsp3) is 0.133. The number of nitrogens with zero attached hydrogens (tertiary/aromatic N) is 1. The highest BCUT2D eigenvalue weighted by Crippen LogP contribution is 2.36. The number of carboxylic acid groups (broad SMARTS) is 2. The lowest BCUT2D eigenvalue weighted by Gasteiger charge is -2.29. The standard InChI is InChI=1S/C15H11NO4/c16-9-10-3-1-5-12(7-10)15(14(19)20)6-2-4-11(8-15)13(17)18/h1-7H,8H2,(H,17,18)(H,19,20). The minimum absolute atomic E-state index is 0.0252. The smallest absolute Gasteiger partial charge is 0.331 e. The molecule has 1 aromatic rings. The maximum absolute atomic E-state index is 11.7. The van der Waals surface area contributed by atoms with Crippen molar-refractivity contribution in [1.29, 1.82) is 5.26 Å². The maximum atomic E-state index is 11.7. The van der Waals surface area contributed by atoms with E-state index in [2.05, 4.69) is 0 Å². The summed E-state index contributed by atoms with van der Waals surface area (Å²) < 4.78 is 0. The molecule has 5 heteroatoms. The monoisotopic (exact) mass is 269 g/mol. The Balaban J connectivity index is 2.55. The molecule has 0 fully saturated rings. The zero-order valence-electron chi connectivity index (χ0n) is 10.4. The van der Waals surface area contributed by atoms with Gasteiger partial charge in [0.2, 0.25) is 0 Å². The molecule has 20 heavy (non-hydrogen) atoms. The van der Waals surface area contributed by atoms with Crippen molar-refractivity contribution in [2.24, 2.45) is 0 Å². The summed E-state index contributed by atoms with van der Waals surface area (Å²) in [5.41, 5.74) is -0.692. The first-order chi connectivity index (χ1) is 9.49. The Morgan fingerprint density at radius 2 is 2.05 bits per heavy atom. The molecule has 0 saturated heterocycles. The van der Waals surface area contributed by atoms with Crippen LogP contribution in [0.2, 0.25) is 0 Å². The van der Waals surface area contributed by atoms with Crippen molar-refractivity contribution >= 4 is 11.9 Å². The molecule has 100 valence electrons. The summed E-state index contributed by atoms with van der Waals surface area (Å²) in [6.45, 7) is 0.